The molecule has 0 saturated heterocycles. The van der Waals surface area contributed by atoms with Gasteiger partial charge in [-0.1, -0.05) is 12.1 Å². The number of hydrogen-bond donors (Lipinski definition) is 2. The van der Waals surface area contributed by atoms with Crippen molar-refractivity contribution in [3.8, 4) is 5.69 Å². The average Bonchev–Trinajstić information content (AvgIpc) is 3.38. The Bertz CT molecular complexity index is 899. The Balaban J connectivity index is 1.70. The van der Waals surface area contributed by atoms with Gasteiger partial charge in [0.15, 0.2) is 11.1 Å². The fourth-order valence-electron chi connectivity index (χ4n) is 2.70. The van der Waals surface area contributed by atoms with Crippen LogP contribution in [0, 0.1) is 0 Å². The van der Waals surface area contributed by atoms with Gasteiger partial charge in [-0.05, 0) is 37.6 Å². The van der Waals surface area contributed by atoms with E-state index in [2.05, 4.69) is 52.1 Å². The van der Waals surface area contributed by atoms with Crippen molar-refractivity contribution in [2.45, 2.75) is 26.4 Å². The third-order valence-electron chi connectivity index (χ3n) is 4.16. The highest BCUT2D eigenvalue weighted by Crippen LogP contribution is 2.19. The second kappa shape index (κ2) is 9.36. The van der Waals surface area contributed by atoms with Crippen molar-refractivity contribution < 1.29 is 0 Å². The lowest BCUT2D eigenvalue weighted by molar-refractivity contribution is 0.684. The fraction of sp³-hybridized carbons (Fsp3) is 0.350. The number of thiazole rings is 1. The molecule has 7 nitrogen and oxygen atoms in total. The minimum Gasteiger partial charge on any atom is -0.357 e. The first-order valence-corrected chi connectivity index (χ1v) is 10.2. The first-order valence-electron chi connectivity index (χ1n) is 9.33. The SMILES string of the molecule is CCNC(=NCc1csc(N(C)C)n1)NC(C)c1cccc(-n2cccn2)c1. The van der Waals surface area contributed by atoms with Gasteiger partial charge < -0.3 is 15.5 Å². The number of nitrogens with one attached hydrogen (secondary N) is 2. The molecule has 1 aromatic carbocycles. The van der Waals surface area contributed by atoms with Crippen LogP contribution >= 0.6 is 11.3 Å². The quantitative estimate of drug-likeness (QED) is 0.473. The summed E-state index contributed by atoms with van der Waals surface area (Å²) in [6, 6.07) is 10.4. The van der Waals surface area contributed by atoms with E-state index in [1.165, 1.54) is 5.56 Å². The number of aliphatic imine (C=N–C) groups is 1. The molecule has 2 heterocycles. The zero-order valence-corrected chi connectivity index (χ0v) is 17.6. The molecule has 148 valence electrons. The van der Waals surface area contributed by atoms with Crippen molar-refractivity contribution >= 4 is 22.4 Å². The maximum atomic E-state index is 4.70. The summed E-state index contributed by atoms with van der Waals surface area (Å²) in [5.41, 5.74) is 3.18. The van der Waals surface area contributed by atoms with Crippen LogP contribution in [0.3, 0.4) is 0 Å². The van der Waals surface area contributed by atoms with Crippen LogP contribution in [0.25, 0.3) is 5.69 Å². The van der Waals surface area contributed by atoms with E-state index in [4.69, 9.17) is 4.99 Å². The molecule has 0 aliphatic carbocycles. The largest absolute Gasteiger partial charge is 0.357 e. The van der Waals surface area contributed by atoms with Gasteiger partial charge in [0.25, 0.3) is 0 Å². The number of anilines is 1. The van der Waals surface area contributed by atoms with Crippen LogP contribution in [0.4, 0.5) is 5.13 Å². The van der Waals surface area contributed by atoms with Gasteiger partial charge in [0.05, 0.1) is 24.0 Å². The zero-order chi connectivity index (χ0) is 19.9. The number of hydrogen-bond acceptors (Lipinski definition) is 5. The monoisotopic (exact) mass is 397 g/mol. The molecule has 28 heavy (non-hydrogen) atoms. The van der Waals surface area contributed by atoms with Crippen LogP contribution in [0.15, 0.2) is 53.1 Å². The molecular formula is C20H27N7S. The first-order chi connectivity index (χ1) is 13.6. The summed E-state index contributed by atoms with van der Waals surface area (Å²) in [5.74, 6) is 0.777. The van der Waals surface area contributed by atoms with Crippen molar-refractivity contribution in [1.82, 2.24) is 25.4 Å². The van der Waals surface area contributed by atoms with E-state index < -0.39 is 0 Å². The van der Waals surface area contributed by atoms with E-state index in [-0.39, 0.29) is 6.04 Å². The lowest BCUT2D eigenvalue weighted by Crippen LogP contribution is -2.38. The van der Waals surface area contributed by atoms with Crippen molar-refractivity contribution in [3.05, 3.63) is 59.4 Å². The van der Waals surface area contributed by atoms with E-state index in [1.54, 1.807) is 17.5 Å². The molecule has 0 radical (unpaired) electrons. The average molecular weight is 398 g/mol. The van der Waals surface area contributed by atoms with Gasteiger partial charge in [-0.2, -0.15) is 5.10 Å². The second-order valence-electron chi connectivity index (χ2n) is 6.62. The Morgan fingerprint density at radius 3 is 2.86 bits per heavy atom. The highest BCUT2D eigenvalue weighted by atomic mass is 32.1. The van der Waals surface area contributed by atoms with Crippen molar-refractivity contribution in [2.75, 3.05) is 25.5 Å². The Labute approximate surface area is 170 Å². The van der Waals surface area contributed by atoms with Gasteiger partial charge in [-0.3, -0.25) is 0 Å². The van der Waals surface area contributed by atoms with Gasteiger partial charge in [-0.15, -0.1) is 11.3 Å². The minimum absolute atomic E-state index is 0.0982. The third-order valence-corrected chi connectivity index (χ3v) is 5.22. The standard InChI is InChI=1S/C20H27N7S/c1-5-21-19(22-13-17-14-28-20(25-17)26(3)4)24-15(2)16-8-6-9-18(12-16)27-11-7-10-23-27/h6-12,14-15H,5,13H2,1-4H3,(H2,21,22,24). The van der Waals surface area contributed by atoms with Gasteiger partial charge in [0, 0.05) is 38.4 Å². The number of nitrogens with zero attached hydrogens (tertiary/aromatic N) is 5. The summed E-state index contributed by atoms with van der Waals surface area (Å²) < 4.78 is 1.86. The van der Waals surface area contributed by atoms with Crippen LogP contribution in [-0.4, -0.2) is 41.4 Å². The maximum Gasteiger partial charge on any atom is 0.192 e. The number of guanidine groups is 1. The molecule has 3 aromatic rings. The van der Waals surface area contributed by atoms with Crippen LogP contribution in [0.2, 0.25) is 0 Å². The fourth-order valence-corrected chi connectivity index (χ4v) is 3.45. The van der Waals surface area contributed by atoms with Crippen molar-refractivity contribution in [1.29, 1.82) is 0 Å². The molecule has 1 unspecified atom stereocenters. The molecule has 3 rings (SSSR count). The smallest absolute Gasteiger partial charge is 0.192 e. The van der Waals surface area contributed by atoms with Crippen molar-refractivity contribution in [2.24, 2.45) is 4.99 Å². The van der Waals surface area contributed by atoms with Gasteiger partial charge in [-0.25, -0.2) is 14.7 Å². The van der Waals surface area contributed by atoms with E-state index >= 15 is 0 Å². The highest BCUT2D eigenvalue weighted by molar-refractivity contribution is 7.13. The van der Waals surface area contributed by atoms with Crippen LogP contribution in [0.5, 0.6) is 0 Å². The summed E-state index contributed by atoms with van der Waals surface area (Å²) in [6.45, 7) is 5.53. The summed E-state index contributed by atoms with van der Waals surface area (Å²) in [4.78, 5) is 11.3. The Morgan fingerprint density at radius 2 is 2.18 bits per heavy atom. The minimum atomic E-state index is 0.0982. The van der Waals surface area contributed by atoms with Gasteiger partial charge >= 0.3 is 0 Å². The summed E-state index contributed by atoms with van der Waals surface area (Å²) in [7, 11) is 3.99. The summed E-state index contributed by atoms with van der Waals surface area (Å²) in [6.07, 6.45) is 3.73. The lowest BCUT2D eigenvalue weighted by Gasteiger charge is -2.19. The third kappa shape index (κ3) is 5.10. The number of benzene rings is 1. The summed E-state index contributed by atoms with van der Waals surface area (Å²) >= 11 is 1.63. The van der Waals surface area contributed by atoms with Gasteiger partial charge in [0.1, 0.15) is 0 Å². The molecule has 0 aliphatic rings. The predicted molar refractivity (Wildman–Crippen MR) is 116 cm³/mol. The summed E-state index contributed by atoms with van der Waals surface area (Å²) in [5, 5.41) is 14.1. The van der Waals surface area contributed by atoms with E-state index in [1.807, 2.05) is 48.1 Å². The zero-order valence-electron chi connectivity index (χ0n) is 16.8. The predicted octanol–water partition coefficient (Wildman–Crippen LogP) is 3.21. The van der Waals surface area contributed by atoms with E-state index in [9.17, 15) is 0 Å². The number of aromatic nitrogens is 3. The van der Waals surface area contributed by atoms with Crippen molar-refractivity contribution in [3.63, 3.8) is 0 Å². The number of rotatable bonds is 7. The maximum absolute atomic E-state index is 4.70. The lowest BCUT2D eigenvalue weighted by atomic mass is 10.1. The molecule has 2 N–H and O–H groups in total. The highest BCUT2D eigenvalue weighted by Gasteiger charge is 2.10. The molecule has 0 aliphatic heterocycles. The first kappa shape index (κ1) is 19.9. The molecule has 2 aromatic heterocycles. The molecule has 0 amide bonds. The molecular weight excluding hydrogens is 370 g/mol. The normalized spacial score (nSPS) is 12.6. The Kier molecular flexibility index (Phi) is 6.65. The Hall–Kier alpha value is -2.87. The second-order valence-corrected chi connectivity index (χ2v) is 7.46. The van der Waals surface area contributed by atoms with E-state index in [0.29, 0.717) is 6.54 Å². The van der Waals surface area contributed by atoms with Gasteiger partial charge in [0.2, 0.25) is 0 Å². The topological polar surface area (TPSA) is 70.4 Å². The molecule has 0 saturated carbocycles. The Morgan fingerprint density at radius 1 is 1.32 bits per heavy atom. The molecule has 0 fully saturated rings. The van der Waals surface area contributed by atoms with E-state index in [0.717, 1.165) is 29.0 Å². The molecule has 8 heteroatoms. The van der Waals surface area contributed by atoms with Crippen LogP contribution in [-0.2, 0) is 6.54 Å². The van der Waals surface area contributed by atoms with Crippen LogP contribution < -0.4 is 15.5 Å². The molecule has 1 atom stereocenters. The molecule has 0 bridgehead atoms. The van der Waals surface area contributed by atoms with Crippen LogP contribution in [0.1, 0.15) is 31.1 Å². The molecule has 0 spiro atoms.